The predicted octanol–water partition coefficient (Wildman–Crippen LogP) is 1.01. The molecule has 1 aromatic carbocycles. The summed E-state index contributed by atoms with van der Waals surface area (Å²) in [6.45, 7) is -1.10. The van der Waals surface area contributed by atoms with Crippen molar-refractivity contribution < 1.29 is 32.5 Å². The van der Waals surface area contributed by atoms with E-state index in [2.05, 4.69) is 15.4 Å². The van der Waals surface area contributed by atoms with Gasteiger partial charge in [0.05, 0.1) is 13.2 Å². The second-order valence-electron chi connectivity index (χ2n) is 5.40. The van der Waals surface area contributed by atoms with Gasteiger partial charge in [-0.2, -0.15) is 8.78 Å². The van der Waals surface area contributed by atoms with E-state index in [0.717, 1.165) is 0 Å². The fourth-order valence-electron chi connectivity index (χ4n) is 2.55. The molecule has 3 rings (SSSR count). The summed E-state index contributed by atoms with van der Waals surface area (Å²) < 4.78 is 45.3. The maximum absolute atomic E-state index is 12.6. The Morgan fingerprint density at radius 2 is 2.17 bits per heavy atom. The van der Waals surface area contributed by atoms with E-state index in [0.29, 0.717) is 36.8 Å². The van der Waals surface area contributed by atoms with Crippen molar-refractivity contribution >= 4 is 5.91 Å². The first-order chi connectivity index (χ1) is 11.6. The quantitative estimate of drug-likeness (QED) is 0.802. The molecular formula is C15H18F2N2O5. The molecule has 0 radical (unpaired) electrons. The Morgan fingerprint density at radius 1 is 1.38 bits per heavy atom. The lowest BCUT2D eigenvalue weighted by atomic mass is 10.1. The first kappa shape index (κ1) is 16.7. The number of alkyl halides is 2. The Morgan fingerprint density at radius 3 is 2.88 bits per heavy atom. The minimum atomic E-state index is -2.97. The molecule has 24 heavy (non-hydrogen) atoms. The first-order valence-electron chi connectivity index (χ1n) is 7.57. The van der Waals surface area contributed by atoms with E-state index in [1.807, 2.05) is 0 Å². The van der Waals surface area contributed by atoms with Gasteiger partial charge in [-0.15, -0.1) is 0 Å². The normalized spacial score (nSPS) is 19.4. The second kappa shape index (κ2) is 7.63. The molecule has 1 fully saturated rings. The number of halogens is 2. The summed E-state index contributed by atoms with van der Waals surface area (Å²) in [6, 6.07) is 2.82. The Labute approximate surface area is 137 Å². The van der Waals surface area contributed by atoms with Gasteiger partial charge >= 0.3 is 6.61 Å². The predicted molar refractivity (Wildman–Crippen MR) is 78.3 cm³/mol. The van der Waals surface area contributed by atoms with Crippen LogP contribution in [0.15, 0.2) is 12.1 Å². The highest BCUT2D eigenvalue weighted by atomic mass is 19.3. The molecule has 7 nitrogen and oxygen atoms in total. The number of rotatable bonds is 6. The minimum absolute atomic E-state index is 0.0205. The maximum Gasteiger partial charge on any atom is 0.387 e. The Bertz CT molecular complexity index is 593. The van der Waals surface area contributed by atoms with Crippen molar-refractivity contribution in [1.29, 1.82) is 0 Å². The number of carbonyl (C=O) groups is 1. The molecule has 0 bridgehead atoms. The smallest absolute Gasteiger partial charge is 0.387 e. The minimum Gasteiger partial charge on any atom is -0.454 e. The molecule has 2 N–H and O–H groups in total. The van der Waals surface area contributed by atoms with Crippen molar-refractivity contribution in [2.24, 2.45) is 0 Å². The number of carbonyl (C=O) groups excluding carboxylic acids is 1. The number of benzene rings is 1. The van der Waals surface area contributed by atoms with Crippen LogP contribution in [0.3, 0.4) is 0 Å². The number of nitrogens with one attached hydrogen (secondary N) is 2. The molecule has 1 atom stereocenters. The van der Waals surface area contributed by atoms with Crippen molar-refractivity contribution in [2.45, 2.75) is 25.6 Å². The SMILES string of the molecule is O=C(CC1COCCN1)NCc1cc2c(cc1OC(F)F)OCO2. The zero-order valence-corrected chi connectivity index (χ0v) is 12.8. The van der Waals surface area contributed by atoms with E-state index in [4.69, 9.17) is 14.2 Å². The number of fused-ring (bicyclic) bond motifs is 1. The molecule has 1 aromatic rings. The average Bonchev–Trinajstić information content (AvgIpc) is 3.00. The van der Waals surface area contributed by atoms with Crippen LogP contribution >= 0.6 is 0 Å². The molecule has 2 aliphatic rings. The van der Waals surface area contributed by atoms with E-state index in [1.165, 1.54) is 12.1 Å². The first-order valence-corrected chi connectivity index (χ1v) is 7.57. The topological polar surface area (TPSA) is 78.1 Å². The number of amides is 1. The van der Waals surface area contributed by atoms with Gasteiger partial charge in [0.1, 0.15) is 5.75 Å². The van der Waals surface area contributed by atoms with Gasteiger partial charge in [0.25, 0.3) is 0 Å². The van der Waals surface area contributed by atoms with Gasteiger partial charge in [0, 0.05) is 37.2 Å². The molecule has 132 valence electrons. The van der Waals surface area contributed by atoms with Crippen LogP contribution in [0.5, 0.6) is 17.2 Å². The molecule has 0 aliphatic carbocycles. The van der Waals surface area contributed by atoms with E-state index in [9.17, 15) is 13.6 Å². The van der Waals surface area contributed by atoms with Crippen molar-refractivity contribution in [3.8, 4) is 17.2 Å². The summed E-state index contributed by atoms with van der Waals surface area (Å²) >= 11 is 0. The van der Waals surface area contributed by atoms with Crippen molar-refractivity contribution in [3.05, 3.63) is 17.7 Å². The standard InChI is InChI=1S/C15H18F2N2O5/c16-15(17)24-11-5-13-12(22-8-23-13)3-9(11)6-19-14(20)4-10-7-21-2-1-18-10/h3,5,10,15,18H,1-2,4,6-8H2,(H,19,20). The van der Waals surface area contributed by atoms with E-state index in [1.54, 1.807) is 0 Å². The van der Waals surface area contributed by atoms with E-state index >= 15 is 0 Å². The van der Waals surface area contributed by atoms with Crippen LogP contribution in [0, 0.1) is 0 Å². The molecule has 2 heterocycles. The lowest BCUT2D eigenvalue weighted by Gasteiger charge is -2.23. The highest BCUT2D eigenvalue weighted by Gasteiger charge is 2.21. The van der Waals surface area contributed by atoms with Crippen LogP contribution in [0.4, 0.5) is 8.78 Å². The van der Waals surface area contributed by atoms with E-state index < -0.39 is 6.61 Å². The summed E-state index contributed by atoms with van der Waals surface area (Å²) in [5.41, 5.74) is 0.390. The van der Waals surface area contributed by atoms with Crippen molar-refractivity contribution in [3.63, 3.8) is 0 Å². The Kier molecular flexibility index (Phi) is 5.31. The number of hydrogen-bond acceptors (Lipinski definition) is 6. The Hall–Kier alpha value is -2.13. The zero-order valence-electron chi connectivity index (χ0n) is 12.8. The molecule has 9 heteroatoms. The molecule has 2 aliphatic heterocycles. The average molecular weight is 344 g/mol. The van der Waals surface area contributed by atoms with Gasteiger partial charge in [0.2, 0.25) is 12.7 Å². The largest absolute Gasteiger partial charge is 0.454 e. The maximum atomic E-state index is 12.6. The molecule has 1 saturated heterocycles. The summed E-state index contributed by atoms with van der Waals surface area (Å²) in [7, 11) is 0. The highest BCUT2D eigenvalue weighted by molar-refractivity contribution is 5.76. The monoisotopic (exact) mass is 344 g/mol. The number of hydrogen-bond donors (Lipinski definition) is 2. The van der Waals surface area contributed by atoms with Crippen molar-refractivity contribution in [1.82, 2.24) is 10.6 Å². The molecule has 0 saturated carbocycles. The van der Waals surface area contributed by atoms with Gasteiger partial charge < -0.3 is 29.6 Å². The zero-order chi connectivity index (χ0) is 16.9. The molecule has 0 aromatic heterocycles. The fourth-order valence-corrected chi connectivity index (χ4v) is 2.55. The van der Waals surface area contributed by atoms with Gasteiger partial charge in [-0.1, -0.05) is 0 Å². The third-order valence-electron chi connectivity index (χ3n) is 3.68. The molecule has 1 unspecified atom stereocenters. The van der Waals surface area contributed by atoms with Crippen LogP contribution in [-0.4, -0.2) is 45.1 Å². The molecular weight excluding hydrogens is 326 g/mol. The summed E-state index contributed by atoms with van der Waals surface area (Å²) in [5, 5.41) is 5.87. The number of ether oxygens (including phenoxy) is 4. The van der Waals surface area contributed by atoms with Crippen molar-refractivity contribution in [2.75, 3.05) is 26.6 Å². The Balaban J connectivity index is 1.61. The van der Waals surface area contributed by atoms with Crippen LogP contribution < -0.4 is 24.8 Å². The lowest BCUT2D eigenvalue weighted by Crippen LogP contribution is -2.44. The molecule has 0 spiro atoms. The summed E-state index contributed by atoms with van der Waals surface area (Å²) in [5.74, 6) is 0.514. The lowest BCUT2D eigenvalue weighted by molar-refractivity contribution is -0.122. The van der Waals surface area contributed by atoms with Crippen LogP contribution in [0.2, 0.25) is 0 Å². The van der Waals surface area contributed by atoms with Crippen LogP contribution in [0.25, 0.3) is 0 Å². The van der Waals surface area contributed by atoms with Gasteiger partial charge in [0.15, 0.2) is 11.5 Å². The van der Waals surface area contributed by atoms with Gasteiger partial charge in [-0.3, -0.25) is 4.79 Å². The third kappa shape index (κ3) is 4.24. The summed E-state index contributed by atoms with van der Waals surface area (Å²) in [4.78, 5) is 12.0. The number of morpholine rings is 1. The van der Waals surface area contributed by atoms with Gasteiger partial charge in [-0.25, -0.2) is 0 Å². The van der Waals surface area contributed by atoms with Crippen LogP contribution in [-0.2, 0) is 16.1 Å². The fraction of sp³-hybridized carbons (Fsp3) is 0.533. The van der Waals surface area contributed by atoms with Crippen LogP contribution in [0.1, 0.15) is 12.0 Å². The third-order valence-corrected chi connectivity index (χ3v) is 3.68. The second-order valence-corrected chi connectivity index (χ2v) is 5.40. The van der Waals surface area contributed by atoms with Gasteiger partial charge in [-0.05, 0) is 6.07 Å². The highest BCUT2D eigenvalue weighted by Crippen LogP contribution is 2.38. The van der Waals surface area contributed by atoms with E-state index in [-0.39, 0.29) is 37.5 Å². The summed E-state index contributed by atoms with van der Waals surface area (Å²) in [6.07, 6.45) is 0.246. The molecule has 1 amide bonds.